The Morgan fingerprint density at radius 1 is 1.58 bits per heavy atom. The van der Waals surface area contributed by atoms with Crippen molar-refractivity contribution in [1.29, 1.82) is 0 Å². The van der Waals surface area contributed by atoms with Gasteiger partial charge < -0.3 is 11.1 Å². The summed E-state index contributed by atoms with van der Waals surface area (Å²) in [5, 5.41) is 4.23. The van der Waals surface area contributed by atoms with E-state index in [0.717, 1.165) is 15.7 Å². The van der Waals surface area contributed by atoms with Gasteiger partial charge in [-0.25, -0.2) is 4.98 Å². The molecule has 0 saturated heterocycles. The normalized spacial score (nSPS) is 10.8. The molecule has 0 fully saturated rings. The van der Waals surface area contributed by atoms with Gasteiger partial charge in [0.1, 0.15) is 0 Å². The molecule has 1 rings (SSSR count). The van der Waals surface area contributed by atoms with E-state index in [9.17, 15) is 0 Å². The number of thiazole rings is 1. The van der Waals surface area contributed by atoms with Gasteiger partial charge in [-0.3, -0.25) is 0 Å². The zero-order valence-corrected chi connectivity index (χ0v) is 8.53. The van der Waals surface area contributed by atoms with E-state index < -0.39 is 0 Å². The first-order chi connectivity index (χ1) is 5.63. The van der Waals surface area contributed by atoms with Crippen molar-refractivity contribution in [2.45, 2.75) is 33.4 Å². The summed E-state index contributed by atoms with van der Waals surface area (Å²) in [6.07, 6.45) is 0. The summed E-state index contributed by atoms with van der Waals surface area (Å²) in [7, 11) is 0. The van der Waals surface area contributed by atoms with Crippen LogP contribution in [0.15, 0.2) is 0 Å². The number of aryl methyl sites for hydroxylation is 1. The Hall–Kier alpha value is -0.610. The Morgan fingerprint density at radius 2 is 2.25 bits per heavy atom. The van der Waals surface area contributed by atoms with E-state index in [-0.39, 0.29) is 0 Å². The van der Waals surface area contributed by atoms with Crippen molar-refractivity contribution in [3.05, 3.63) is 10.6 Å². The van der Waals surface area contributed by atoms with Crippen LogP contribution in [0.5, 0.6) is 0 Å². The average Bonchev–Trinajstić information content (AvgIpc) is 2.29. The van der Waals surface area contributed by atoms with Crippen molar-refractivity contribution in [3.8, 4) is 0 Å². The van der Waals surface area contributed by atoms with Crippen LogP contribution in [0.1, 0.15) is 24.4 Å². The molecular formula is C8H15N3S. The molecule has 0 spiro atoms. The van der Waals surface area contributed by atoms with E-state index in [4.69, 9.17) is 5.73 Å². The summed E-state index contributed by atoms with van der Waals surface area (Å²) in [4.78, 5) is 5.51. The molecule has 1 heterocycles. The van der Waals surface area contributed by atoms with Gasteiger partial charge in [0.25, 0.3) is 0 Å². The highest BCUT2D eigenvalue weighted by Gasteiger charge is 2.05. The second kappa shape index (κ2) is 3.87. The van der Waals surface area contributed by atoms with Crippen LogP contribution >= 0.6 is 11.3 Å². The second-order valence-electron chi connectivity index (χ2n) is 3.03. The molecule has 0 unspecified atom stereocenters. The Kier molecular flexibility index (Phi) is 3.05. The van der Waals surface area contributed by atoms with E-state index in [2.05, 4.69) is 24.1 Å². The smallest absolute Gasteiger partial charge is 0.183 e. The summed E-state index contributed by atoms with van der Waals surface area (Å²) in [6, 6.07) is 0.432. The minimum atomic E-state index is 0.432. The highest BCUT2D eigenvalue weighted by atomic mass is 32.1. The van der Waals surface area contributed by atoms with Gasteiger partial charge in [-0.15, -0.1) is 11.3 Å². The van der Waals surface area contributed by atoms with E-state index in [0.29, 0.717) is 12.6 Å². The van der Waals surface area contributed by atoms with Crippen molar-refractivity contribution in [1.82, 2.24) is 4.98 Å². The van der Waals surface area contributed by atoms with E-state index in [1.165, 1.54) is 0 Å². The van der Waals surface area contributed by atoms with Crippen LogP contribution in [0.4, 0.5) is 5.13 Å². The highest BCUT2D eigenvalue weighted by Crippen LogP contribution is 2.22. The fourth-order valence-electron chi connectivity index (χ4n) is 0.926. The first-order valence-electron chi connectivity index (χ1n) is 4.06. The van der Waals surface area contributed by atoms with Crippen LogP contribution < -0.4 is 11.1 Å². The van der Waals surface area contributed by atoms with Crippen LogP contribution in [-0.2, 0) is 6.54 Å². The molecular weight excluding hydrogens is 170 g/mol. The minimum absolute atomic E-state index is 0.432. The monoisotopic (exact) mass is 185 g/mol. The lowest BCUT2D eigenvalue weighted by atomic mass is 10.4. The van der Waals surface area contributed by atoms with Gasteiger partial charge in [-0.05, 0) is 20.8 Å². The highest BCUT2D eigenvalue weighted by molar-refractivity contribution is 7.15. The molecule has 0 aliphatic rings. The number of aromatic nitrogens is 1. The molecule has 1 aromatic heterocycles. The molecule has 0 aliphatic heterocycles. The third-order valence-electron chi connectivity index (χ3n) is 1.49. The molecule has 3 N–H and O–H groups in total. The lowest BCUT2D eigenvalue weighted by Gasteiger charge is -2.03. The first-order valence-corrected chi connectivity index (χ1v) is 4.88. The predicted octanol–water partition coefficient (Wildman–Crippen LogP) is 1.73. The molecule has 0 aromatic carbocycles. The maximum Gasteiger partial charge on any atom is 0.183 e. The first kappa shape index (κ1) is 9.48. The average molecular weight is 185 g/mol. The van der Waals surface area contributed by atoms with Gasteiger partial charge in [0.05, 0.1) is 5.69 Å². The zero-order valence-electron chi connectivity index (χ0n) is 7.72. The molecule has 0 aliphatic carbocycles. The Bertz CT molecular complexity index is 255. The van der Waals surface area contributed by atoms with E-state index in [1.54, 1.807) is 11.3 Å². The summed E-state index contributed by atoms with van der Waals surface area (Å²) in [5.41, 5.74) is 6.58. The zero-order chi connectivity index (χ0) is 9.14. The molecule has 4 heteroatoms. The Balaban J connectivity index is 2.75. The number of hydrogen-bond acceptors (Lipinski definition) is 4. The molecule has 3 nitrogen and oxygen atoms in total. The number of anilines is 1. The van der Waals surface area contributed by atoms with Crippen LogP contribution in [0.3, 0.4) is 0 Å². The molecule has 1 aromatic rings. The number of nitrogens with two attached hydrogens (primary N) is 1. The summed E-state index contributed by atoms with van der Waals surface area (Å²) in [6.45, 7) is 6.77. The van der Waals surface area contributed by atoms with E-state index >= 15 is 0 Å². The molecule has 0 saturated carbocycles. The molecule has 68 valence electrons. The van der Waals surface area contributed by atoms with Gasteiger partial charge in [0.15, 0.2) is 5.13 Å². The van der Waals surface area contributed by atoms with Crippen molar-refractivity contribution in [2.24, 2.45) is 5.73 Å². The summed E-state index contributed by atoms with van der Waals surface area (Å²) in [5.74, 6) is 0. The van der Waals surface area contributed by atoms with Gasteiger partial charge in [0.2, 0.25) is 0 Å². The lowest BCUT2D eigenvalue weighted by molar-refractivity contribution is 0.894. The third-order valence-corrected chi connectivity index (χ3v) is 2.60. The van der Waals surface area contributed by atoms with Crippen LogP contribution in [0.2, 0.25) is 0 Å². The molecule has 0 atom stereocenters. The molecule has 0 amide bonds. The largest absolute Gasteiger partial charge is 0.359 e. The van der Waals surface area contributed by atoms with Crippen molar-refractivity contribution >= 4 is 16.5 Å². The van der Waals surface area contributed by atoms with Gasteiger partial charge in [-0.1, -0.05) is 0 Å². The molecule has 0 radical (unpaired) electrons. The maximum absolute atomic E-state index is 5.54. The standard InChI is InChI=1S/C8H15N3S/c1-5(2)10-8-11-6(3)7(4-9)12-8/h5H,4,9H2,1-3H3,(H,10,11). The van der Waals surface area contributed by atoms with E-state index in [1.807, 2.05) is 6.92 Å². The minimum Gasteiger partial charge on any atom is -0.359 e. The fourth-order valence-corrected chi connectivity index (χ4v) is 1.91. The van der Waals surface area contributed by atoms with Crippen molar-refractivity contribution in [3.63, 3.8) is 0 Å². The van der Waals surface area contributed by atoms with Gasteiger partial charge in [0, 0.05) is 17.5 Å². The van der Waals surface area contributed by atoms with Gasteiger partial charge in [-0.2, -0.15) is 0 Å². The SMILES string of the molecule is Cc1nc(NC(C)C)sc1CN. The lowest BCUT2D eigenvalue weighted by Crippen LogP contribution is -2.08. The van der Waals surface area contributed by atoms with Gasteiger partial charge >= 0.3 is 0 Å². The predicted molar refractivity (Wildman–Crippen MR) is 53.5 cm³/mol. The number of rotatable bonds is 3. The topological polar surface area (TPSA) is 50.9 Å². The fraction of sp³-hybridized carbons (Fsp3) is 0.625. The Morgan fingerprint density at radius 3 is 2.67 bits per heavy atom. The van der Waals surface area contributed by atoms with Crippen LogP contribution in [-0.4, -0.2) is 11.0 Å². The molecule has 0 bridgehead atoms. The number of nitrogens with one attached hydrogen (secondary N) is 1. The maximum atomic E-state index is 5.54. The quantitative estimate of drug-likeness (QED) is 0.754. The van der Waals surface area contributed by atoms with Crippen molar-refractivity contribution < 1.29 is 0 Å². The summed E-state index contributed by atoms with van der Waals surface area (Å²) >= 11 is 1.64. The van der Waals surface area contributed by atoms with Crippen LogP contribution in [0.25, 0.3) is 0 Å². The van der Waals surface area contributed by atoms with Crippen LogP contribution in [0, 0.1) is 6.92 Å². The third kappa shape index (κ3) is 2.19. The van der Waals surface area contributed by atoms with Crippen molar-refractivity contribution in [2.75, 3.05) is 5.32 Å². The second-order valence-corrected chi connectivity index (χ2v) is 4.11. The number of nitrogens with zero attached hydrogens (tertiary/aromatic N) is 1. The molecule has 12 heavy (non-hydrogen) atoms. The number of hydrogen-bond donors (Lipinski definition) is 2. The summed E-state index contributed by atoms with van der Waals surface area (Å²) < 4.78 is 0. The Labute approximate surface area is 77.0 Å².